The summed E-state index contributed by atoms with van der Waals surface area (Å²) in [4.78, 5) is 16.2. The van der Waals surface area contributed by atoms with Gasteiger partial charge in [-0.25, -0.2) is 9.31 Å². The molecule has 0 aliphatic carbocycles. The zero-order valence-electron chi connectivity index (χ0n) is 19.5. The summed E-state index contributed by atoms with van der Waals surface area (Å²) < 4.78 is 83.3. The number of methoxy groups -OCH3 is 1. The van der Waals surface area contributed by atoms with E-state index in [2.05, 4.69) is 15.4 Å². The first kappa shape index (κ1) is 27.1. The Balaban J connectivity index is 1.68. The number of aromatic nitrogens is 3. The SMILES string of the molecule is CCc1cc(-c2cc(CCNC(=O)N[C@@H](CCC(F)(F)F)C(F)(F)F)ncc2OC)cc2ccnn12. The van der Waals surface area contributed by atoms with Crippen LogP contribution in [0.25, 0.3) is 16.6 Å². The van der Waals surface area contributed by atoms with Crippen molar-refractivity contribution in [2.45, 2.75) is 51.0 Å². The van der Waals surface area contributed by atoms with E-state index >= 15 is 0 Å². The number of nitrogens with one attached hydrogen (secondary N) is 2. The predicted molar refractivity (Wildman–Crippen MR) is 120 cm³/mol. The van der Waals surface area contributed by atoms with E-state index in [1.807, 2.05) is 29.6 Å². The standard InChI is InChI=1S/C23H25F6N5O2/c1-3-16-10-14(11-17-6-9-32-34(16)17)18-12-15(31-13-19(18)36-2)5-8-30-21(35)33-20(23(27,28)29)4-7-22(24,25)26/h6,9-13,20H,3-5,7-8H2,1-2H3,(H2,30,33,35)/t20-/m0/s1. The molecule has 0 radical (unpaired) electrons. The number of alkyl halides is 6. The zero-order valence-corrected chi connectivity index (χ0v) is 19.5. The van der Waals surface area contributed by atoms with Gasteiger partial charge in [0.05, 0.1) is 18.8 Å². The lowest BCUT2D eigenvalue weighted by Gasteiger charge is -2.22. The first-order valence-electron chi connectivity index (χ1n) is 11.1. The van der Waals surface area contributed by atoms with Crippen LogP contribution in [0.3, 0.4) is 0 Å². The van der Waals surface area contributed by atoms with Gasteiger partial charge < -0.3 is 15.4 Å². The van der Waals surface area contributed by atoms with Gasteiger partial charge in [-0.2, -0.15) is 31.4 Å². The number of pyridine rings is 2. The number of fused-ring (bicyclic) bond motifs is 1. The lowest BCUT2D eigenvalue weighted by Crippen LogP contribution is -2.50. The number of halogens is 6. The Morgan fingerprint density at radius 2 is 1.92 bits per heavy atom. The van der Waals surface area contributed by atoms with Crippen molar-refractivity contribution in [3.05, 3.63) is 48.0 Å². The minimum absolute atomic E-state index is 0.0870. The minimum atomic E-state index is -5.01. The van der Waals surface area contributed by atoms with Crippen LogP contribution in [0.2, 0.25) is 0 Å². The van der Waals surface area contributed by atoms with Gasteiger partial charge in [0.2, 0.25) is 0 Å². The summed E-state index contributed by atoms with van der Waals surface area (Å²) in [6.45, 7) is 1.91. The number of carbonyl (C=O) groups excluding carboxylic acids is 1. The first-order chi connectivity index (χ1) is 16.9. The Labute approximate surface area is 202 Å². The van der Waals surface area contributed by atoms with Gasteiger partial charge in [-0.3, -0.25) is 4.98 Å². The number of nitrogens with zero attached hydrogens (tertiary/aromatic N) is 3. The van der Waals surface area contributed by atoms with E-state index in [-0.39, 0.29) is 13.0 Å². The highest BCUT2D eigenvalue weighted by molar-refractivity contribution is 5.75. The first-order valence-corrected chi connectivity index (χ1v) is 11.1. The summed E-state index contributed by atoms with van der Waals surface area (Å²) in [7, 11) is 1.50. The van der Waals surface area contributed by atoms with Crippen LogP contribution in [0.1, 0.15) is 31.2 Å². The van der Waals surface area contributed by atoms with Crippen LogP contribution < -0.4 is 15.4 Å². The van der Waals surface area contributed by atoms with Crippen molar-refractivity contribution < 1.29 is 35.9 Å². The fraction of sp³-hybridized carbons (Fsp3) is 0.435. The van der Waals surface area contributed by atoms with Crippen LogP contribution in [-0.2, 0) is 12.8 Å². The number of carbonyl (C=O) groups is 1. The third kappa shape index (κ3) is 7.01. The molecule has 0 aromatic carbocycles. The molecule has 0 unspecified atom stereocenters. The summed E-state index contributed by atoms with van der Waals surface area (Å²) in [6, 6.07) is 3.68. The predicted octanol–water partition coefficient (Wildman–Crippen LogP) is 5.08. The molecule has 2 N–H and O–H groups in total. The van der Waals surface area contributed by atoms with Crippen LogP contribution in [-0.4, -0.2) is 52.7 Å². The molecule has 1 atom stereocenters. The van der Waals surface area contributed by atoms with Gasteiger partial charge in [-0.1, -0.05) is 6.92 Å². The molecule has 0 spiro atoms. The lowest BCUT2D eigenvalue weighted by molar-refractivity contribution is -0.170. The Morgan fingerprint density at radius 3 is 2.56 bits per heavy atom. The van der Waals surface area contributed by atoms with Gasteiger partial charge in [0.1, 0.15) is 11.8 Å². The molecule has 3 heterocycles. The highest BCUT2D eigenvalue weighted by Crippen LogP contribution is 2.32. The number of rotatable bonds is 9. The average molecular weight is 517 g/mol. The van der Waals surface area contributed by atoms with E-state index in [1.165, 1.54) is 13.3 Å². The largest absolute Gasteiger partial charge is 0.494 e. The highest BCUT2D eigenvalue weighted by Gasteiger charge is 2.42. The van der Waals surface area contributed by atoms with Crippen LogP contribution in [0.4, 0.5) is 31.1 Å². The number of hydrogen-bond acceptors (Lipinski definition) is 4. The third-order valence-corrected chi connectivity index (χ3v) is 5.47. The summed E-state index contributed by atoms with van der Waals surface area (Å²) in [5.74, 6) is 0.507. The molecule has 0 saturated carbocycles. The third-order valence-electron chi connectivity index (χ3n) is 5.47. The van der Waals surface area contributed by atoms with Gasteiger partial charge in [0.15, 0.2) is 0 Å². The molecule has 0 bridgehead atoms. The minimum Gasteiger partial charge on any atom is -0.494 e. The van der Waals surface area contributed by atoms with Crippen LogP contribution >= 0.6 is 0 Å². The van der Waals surface area contributed by atoms with Crippen molar-refractivity contribution in [2.24, 2.45) is 0 Å². The van der Waals surface area contributed by atoms with Crippen LogP contribution in [0.5, 0.6) is 5.75 Å². The molecular formula is C23H25F6N5O2. The number of amides is 2. The Bertz CT molecular complexity index is 1190. The van der Waals surface area contributed by atoms with E-state index < -0.39 is 37.3 Å². The summed E-state index contributed by atoms with van der Waals surface area (Å²) >= 11 is 0. The molecular weight excluding hydrogens is 492 g/mol. The summed E-state index contributed by atoms with van der Waals surface area (Å²) in [5.41, 5.74) is 3.96. The van der Waals surface area contributed by atoms with Gasteiger partial charge in [-0.05, 0) is 42.7 Å². The normalized spacial score (nSPS) is 13.0. The summed E-state index contributed by atoms with van der Waals surface area (Å²) in [5, 5.41) is 8.12. The van der Waals surface area contributed by atoms with E-state index in [1.54, 1.807) is 17.6 Å². The molecule has 0 saturated heterocycles. The van der Waals surface area contributed by atoms with Crippen molar-refractivity contribution in [1.29, 1.82) is 0 Å². The van der Waals surface area contributed by atoms with E-state index in [4.69, 9.17) is 4.74 Å². The second-order valence-electron chi connectivity index (χ2n) is 8.03. The molecule has 0 aliphatic heterocycles. The Morgan fingerprint density at radius 1 is 1.17 bits per heavy atom. The molecule has 2 amide bonds. The molecule has 3 aromatic rings. The molecule has 196 valence electrons. The fourth-order valence-electron chi connectivity index (χ4n) is 3.66. The van der Waals surface area contributed by atoms with Gasteiger partial charge in [0, 0.05) is 42.5 Å². The molecule has 7 nitrogen and oxygen atoms in total. The Kier molecular flexibility index (Phi) is 8.31. The zero-order chi connectivity index (χ0) is 26.5. The maximum Gasteiger partial charge on any atom is 0.408 e. The number of ether oxygens (including phenoxy) is 1. The molecule has 0 aliphatic rings. The topological polar surface area (TPSA) is 80.5 Å². The summed E-state index contributed by atoms with van der Waals surface area (Å²) in [6.07, 6.45) is -8.65. The molecule has 3 rings (SSSR count). The van der Waals surface area contributed by atoms with Crippen molar-refractivity contribution in [2.75, 3.05) is 13.7 Å². The van der Waals surface area contributed by atoms with Crippen molar-refractivity contribution in [3.63, 3.8) is 0 Å². The van der Waals surface area contributed by atoms with Crippen molar-refractivity contribution in [3.8, 4) is 16.9 Å². The molecule has 13 heteroatoms. The Hall–Kier alpha value is -3.51. The van der Waals surface area contributed by atoms with E-state index in [0.717, 1.165) is 28.8 Å². The monoisotopic (exact) mass is 517 g/mol. The number of urea groups is 1. The lowest BCUT2D eigenvalue weighted by atomic mass is 10.0. The van der Waals surface area contributed by atoms with Gasteiger partial charge >= 0.3 is 18.4 Å². The van der Waals surface area contributed by atoms with Crippen LogP contribution in [0.15, 0.2) is 36.7 Å². The second-order valence-corrected chi connectivity index (χ2v) is 8.03. The number of aryl methyl sites for hydroxylation is 1. The number of hydrogen-bond donors (Lipinski definition) is 2. The van der Waals surface area contributed by atoms with E-state index in [0.29, 0.717) is 11.4 Å². The molecule has 3 aromatic heterocycles. The second kappa shape index (κ2) is 11.0. The van der Waals surface area contributed by atoms with Gasteiger partial charge in [-0.15, -0.1) is 0 Å². The van der Waals surface area contributed by atoms with Crippen molar-refractivity contribution >= 4 is 11.5 Å². The molecule has 36 heavy (non-hydrogen) atoms. The smallest absolute Gasteiger partial charge is 0.408 e. The van der Waals surface area contributed by atoms with Crippen LogP contribution in [0, 0.1) is 0 Å². The fourth-order valence-corrected chi connectivity index (χ4v) is 3.66. The molecule has 0 fully saturated rings. The van der Waals surface area contributed by atoms with Crippen molar-refractivity contribution in [1.82, 2.24) is 25.2 Å². The highest BCUT2D eigenvalue weighted by atomic mass is 19.4. The maximum atomic E-state index is 13.0. The quantitative estimate of drug-likeness (QED) is 0.388. The average Bonchev–Trinajstić information content (AvgIpc) is 3.28. The van der Waals surface area contributed by atoms with Gasteiger partial charge in [0.25, 0.3) is 0 Å². The van der Waals surface area contributed by atoms with E-state index in [9.17, 15) is 31.1 Å². The maximum absolute atomic E-state index is 13.0.